The summed E-state index contributed by atoms with van der Waals surface area (Å²) in [7, 11) is 0. The first-order chi connectivity index (χ1) is 13.7. The summed E-state index contributed by atoms with van der Waals surface area (Å²) in [6.07, 6.45) is 4.41. The number of halogens is 1. The second kappa shape index (κ2) is 9.16. The number of morpholine rings is 1. The Morgan fingerprint density at radius 2 is 2.00 bits per heavy atom. The van der Waals surface area contributed by atoms with Gasteiger partial charge in [-0.2, -0.15) is 11.3 Å². The molecule has 1 aromatic heterocycles. The third kappa shape index (κ3) is 4.80. The molecular formula is C22H27FN2O2S. The number of rotatable bonds is 6. The van der Waals surface area contributed by atoms with Crippen LogP contribution in [-0.2, 0) is 11.3 Å². The summed E-state index contributed by atoms with van der Waals surface area (Å²) in [6, 6.07) is 8.32. The predicted molar refractivity (Wildman–Crippen MR) is 109 cm³/mol. The summed E-state index contributed by atoms with van der Waals surface area (Å²) in [6.45, 7) is 3.97. The normalized spacial score (nSPS) is 21.1. The second-order valence-electron chi connectivity index (χ2n) is 7.76. The van der Waals surface area contributed by atoms with Gasteiger partial charge in [0.25, 0.3) is 5.91 Å². The Morgan fingerprint density at radius 1 is 1.21 bits per heavy atom. The van der Waals surface area contributed by atoms with Gasteiger partial charge in [0.05, 0.1) is 12.7 Å². The van der Waals surface area contributed by atoms with Crippen molar-refractivity contribution in [2.45, 2.75) is 44.4 Å². The van der Waals surface area contributed by atoms with Crippen LogP contribution in [0.2, 0.25) is 0 Å². The van der Waals surface area contributed by atoms with Crippen molar-refractivity contribution in [1.82, 2.24) is 9.80 Å². The lowest BCUT2D eigenvalue weighted by atomic mass is 10.1. The van der Waals surface area contributed by atoms with E-state index in [1.54, 1.807) is 23.5 Å². The van der Waals surface area contributed by atoms with Crippen molar-refractivity contribution in [2.24, 2.45) is 0 Å². The van der Waals surface area contributed by atoms with Crippen LogP contribution in [0, 0.1) is 5.82 Å². The third-order valence-electron chi connectivity index (χ3n) is 5.73. The molecule has 1 amide bonds. The molecule has 28 heavy (non-hydrogen) atoms. The van der Waals surface area contributed by atoms with Crippen LogP contribution in [-0.4, -0.2) is 54.1 Å². The summed E-state index contributed by atoms with van der Waals surface area (Å²) < 4.78 is 19.3. The molecular weight excluding hydrogens is 375 g/mol. The zero-order valence-corrected chi connectivity index (χ0v) is 16.9. The van der Waals surface area contributed by atoms with Gasteiger partial charge < -0.3 is 9.64 Å². The Balaban J connectivity index is 1.44. The zero-order chi connectivity index (χ0) is 19.3. The highest BCUT2D eigenvalue weighted by molar-refractivity contribution is 7.07. The van der Waals surface area contributed by atoms with Crippen LogP contribution in [0.5, 0.6) is 0 Å². The molecule has 0 radical (unpaired) electrons. The number of ether oxygens (including phenoxy) is 1. The molecule has 1 atom stereocenters. The van der Waals surface area contributed by atoms with Crippen molar-refractivity contribution in [3.05, 3.63) is 58.0 Å². The molecule has 150 valence electrons. The molecule has 2 heterocycles. The van der Waals surface area contributed by atoms with Gasteiger partial charge in [-0.05, 0) is 59.5 Å². The smallest absolute Gasteiger partial charge is 0.254 e. The van der Waals surface area contributed by atoms with E-state index in [9.17, 15) is 9.18 Å². The fourth-order valence-corrected chi connectivity index (χ4v) is 4.93. The van der Waals surface area contributed by atoms with Gasteiger partial charge in [0, 0.05) is 37.8 Å². The van der Waals surface area contributed by atoms with Crippen molar-refractivity contribution in [3.8, 4) is 0 Å². The SMILES string of the molecule is O=C(c1ccc(F)cc1)N(C[C@@H]1CN(Cc2ccsc2)CCO1)C1CCCC1. The Labute approximate surface area is 169 Å². The second-order valence-corrected chi connectivity index (χ2v) is 8.54. The van der Waals surface area contributed by atoms with Crippen LogP contribution in [0.1, 0.15) is 41.6 Å². The van der Waals surface area contributed by atoms with Gasteiger partial charge in [0.1, 0.15) is 5.82 Å². The Morgan fingerprint density at radius 3 is 2.71 bits per heavy atom. The van der Waals surface area contributed by atoms with Crippen LogP contribution in [0.3, 0.4) is 0 Å². The third-order valence-corrected chi connectivity index (χ3v) is 6.46. The zero-order valence-electron chi connectivity index (χ0n) is 16.1. The highest BCUT2D eigenvalue weighted by Crippen LogP contribution is 2.26. The average Bonchev–Trinajstić information content (AvgIpc) is 3.41. The first kappa shape index (κ1) is 19.6. The number of hydrogen-bond acceptors (Lipinski definition) is 4. The molecule has 1 aliphatic heterocycles. The van der Waals surface area contributed by atoms with Gasteiger partial charge in [-0.15, -0.1) is 0 Å². The number of carbonyl (C=O) groups is 1. The monoisotopic (exact) mass is 402 g/mol. The predicted octanol–water partition coefficient (Wildman–Crippen LogP) is 4.17. The topological polar surface area (TPSA) is 32.8 Å². The first-order valence-electron chi connectivity index (χ1n) is 10.1. The number of amides is 1. The van der Waals surface area contributed by atoms with Crippen molar-refractivity contribution >= 4 is 17.2 Å². The summed E-state index contributed by atoms with van der Waals surface area (Å²) in [4.78, 5) is 17.6. The standard InChI is InChI=1S/C22H27FN2O2S/c23-19-7-5-18(6-8-19)22(26)25(20-3-1-2-4-20)15-21-14-24(10-11-27-21)13-17-9-12-28-16-17/h5-9,12,16,20-21H,1-4,10-11,13-15H2/t21-/m0/s1. The van der Waals surface area contributed by atoms with Gasteiger partial charge in [0.15, 0.2) is 0 Å². The number of benzene rings is 1. The molecule has 1 saturated heterocycles. The molecule has 2 aromatic rings. The van der Waals surface area contributed by atoms with E-state index >= 15 is 0 Å². The summed E-state index contributed by atoms with van der Waals surface area (Å²) in [5.74, 6) is -0.325. The average molecular weight is 403 g/mol. The van der Waals surface area contributed by atoms with Crippen molar-refractivity contribution in [3.63, 3.8) is 0 Å². The van der Waals surface area contributed by atoms with Crippen LogP contribution in [0.15, 0.2) is 41.1 Å². The molecule has 2 fully saturated rings. The van der Waals surface area contributed by atoms with Crippen molar-refractivity contribution in [2.75, 3.05) is 26.2 Å². The molecule has 1 saturated carbocycles. The summed E-state index contributed by atoms with van der Waals surface area (Å²) in [5.41, 5.74) is 1.89. The Kier molecular flexibility index (Phi) is 6.40. The lowest BCUT2D eigenvalue weighted by Gasteiger charge is -2.37. The maximum Gasteiger partial charge on any atom is 0.254 e. The van der Waals surface area contributed by atoms with Crippen molar-refractivity contribution < 1.29 is 13.9 Å². The fourth-order valence-electron chi connectivity index (χ4n) is 4.27. The Bertz CT molecular complexity index is 759. The highest BCUT2D eigenvalue weighted by Gasteiger charge is 2.31. The highest BCUT2D eigenvalue weighted by atomic mass is 32.1. The lowest BCUT2D eigenvalue weighted by molar-refractivity contribution is -0.0468. The van der Waals surface area contributed by atoms with E-state index in [2.05, 4.69) is 21.7 Å². The molecule has 1 aromatic carbocycles. The van der Waals surface area contributed by atoms with E-state index < -0.39 is 0 Å². The van der Waals surface area contributed by atoms with Crippen LogP contribution < -0.4 is 0 Å². The minimum atomic E-state index is -0.316. The van der Waals surface area contributed by atoms with Gasteiger partial charge in [-0.3, -0.25) is 9.69 Å². The largest absolute Gasteiger partial charge is 0.374 e. The number of hydrogen-bond donors (Lipinski definition) is 0. The molecule has 0 N–H and O–H groups in total. The molecule has 0 spiro atoms. The van der Waals surface area contributed by atoms with Gasteiger partial charge >= 0.3 is 0 Å². The van der Waals surface area contributed by atoms with E-state index in [1.165, 1.54) is 17.7 Å². The number of nitrogens with zero attached hydrogens (tertiary/aromatic N) is 2. The first-order valence-corrected chi connectivity index (χ1v) is 11.0. The van der Waals surface area contributed by atoms with Gasteiger partial charge in [0.2, 0.25) is 0 Å². The molecule has 4 nitrogen and oxygen atoms in total. The van der Waals surface area contributed by atoms with Crippen LogP contribution >= 0.6 is 11.3 Å². The molecule has 6 heteroatoms. The maximum absolute atomic E-state index is 13.3. The van der Waals surface area contributed by atoms with E-state index in [0.29, 0.717) is 18.7 Å². The van der Waals surface area contributed by atoms with E-state index in [-0.39, 0.29) is 23.9 Å². The van der Waals surface area contributed by atoms with Gasteiger partial charge in [-0.1, -0.05) is 12.8 Å². The fraction of sp³-hybridized carbons (Fsp3) is 0.500. The van der Waals surface area contributed by atoms with Crippen LogP contribution in [0.4, 0.5) is 4.39 Å². The summed E-state index contributed by atoms with van der Waals surface area (Å²) >= 11 is 1.72. The van der Waals surface area contributed by atoms with Crippen molar-refractivity contribution in [1.29, 1.82) is 0 Å². The maximum atomic E-state index is 13.3. The van der Waals surface area contributed by atoms with Crippen LogP contribution in [0.25, 0.3) is 0 Å². The molecule has 4 rings (SSSR count). The van der Waals surface area contributed by atoms with E-state index in [0.717, 1.165) is 45.3 Å². The lowest BCUT2D eigenvalue weighted by Crippen LogP contribution is -2.50. The molecule has 0 unspecified atom stereocenters. The summed E-state index contributed by atoms with van der Waals surface area (Å²) in [5, 5.41) is 4.30. The quantitative estimate of drug-likeness (QED) is 0.727. The molecule has 0 bridgehead atoms. The molecule has 1 aliphatic carbocycles. The minimum Gasteiger partial charge on any atom is -0.374 e. The van der Waals surface area contributed by atoms with E-state index in [4.69, 9.17) is 4.74 Å². The van der Waals surface area contributed by atoms with E-state index in [1.807, 2.05) is 4.90 Å². The molecule has 2 aliphatic rings. The number of thiophene rings is 1. The van der Waals surface area contributed by atoms with Gasteiger partial charge in [-0.25, -0.2) is 4.39 Å². The Hall–Kier alpha value is -1.76. The minimum absolute atomic E-state index is 0.00884. The number of carbonyl (C=O) groups excluding carboxylic acids is 1.